The average Bonchev–Trinajstić information content (AvgIpc) is 2.86. The van der Waals surface area contributed by atoms with Crippen LogP contribution >= 0.6 is 23.2 Å². The Hall–Kier alpha value is -2.83. The lowest BCUT2D eigenvalue weighted by Gasteiger charge is -2.16. The largest absolute Gasteiger partial charge is 0.459 e. The van der Waals surface area contributed by atoms with Crippen LogP contribution in [0.4, 0.5) is 11.4 Å². The van der Waals surface area contributed by atoms with Gasteiger partial charge in [-0.1, -0.05) is 41.4 Å². The van der Waals surface area contributed by atoms with E-state index < -0.39 is 17.8 Å². The maximum absolute atomic E-state index is 12.8. The smallest absolute Gasteiger partial charge is 0.338 e. The van der Waals surface area contributed by atoms with E-state index in [1.165, 1.54) is 6.07 Å². The van der Waals surface area contributed by atoms with Crippen molar-refractivity contribution < 1.29 is 19.1 Å². The normalized spacial score (nSPS) is 14.1. The van der Waals surface area contributed by atoms with Gasteiger partial charge in [0.2, 0.25) is 0 Å². The topological polar surface area (TPSA) is 75.7 Å². The van der Waals surface area contributed by atoms with Crippen molar-refractivity contribution in [3.63, 3.8) is 0 Å². The van der Waals surface area contributed by atoms with Gasteiger partial charge in [0.1, 0.15) is 10.7 Å². The van der Waals surface area contributed by atoms with Crippen LogP contribution in [-0.2, 0) is 14.3 Å². The zero-order valence-corrected chi connectivity index (χ0v) is 16.5. The third-order valence-corrected chi connectivity index (χ3v) is 4.50. The minimum Gasteiger partial charge on any atom is -0.459 e. The first-order chi connectivity index (χ1) is 13.3. The van der Waals surface area contributed by atoms with Crippen molar-refractivity contribution in [3.05, 3.63) is 69.8 Å². The predicted octanol–water partition coefficient (Wildman–Crippen LogP) is 4.34. The number of imide groups is 1. The molecule has 0 aromatic heterocycles. The quantitative estimate of drug-likeness (QED) is 0.577. The maximum Gasteiger partial charge on any atom is 0.338 e. The number of hydrogen-bond donors (Lipinski definition) is 1. The number of para-hydroxylation sites is 1. The van der Waals surface area contributed by atoms with Gasteiger partial charge in [-0.15, -0.1) is 0 Å². The SMILES string of the molecule is CC(C)OC(=O)c1cccc(NC2=C(Cl)C(=O)N(c3ccccc3Cl)C2=O)c1. The summed E-state index contributed by atoms with van der Waals surface area (Å²) >= 11 is 12.2. The second-order valence-electron chi connectivity index (χ2n) is 6.25. The van der Waals surface area contributed by atoms with E-state index in [0.717, 1.165) is 4.90 Å². The third kappa shape index (κ3) is 3.88. The van der Waals surface area contributed by atoms with Crippen LogP contribution in [0.5, 0.6) is 0 Å². The fourth-order valence-electron chi connectivity index (χ4n) is 2.61. The number of ether oxygens (including phenoxy) is 1. The van der Waals surface area contributed by atoms with Gasteiger partial charge >= 0.3 is 5.97 Å². The molecule has 0 fully saturated rings. The average molecular weight is 419 g/mol. The number of amides is 2. The zero-order valence-electron chi connectivity index (χ0n) is 15.0. The Kier molecular flexibility index (Phi) is 5.72. The van der Waals surface area contributed by atoms with Crippen molar-refractivity contribution in [1.82, 2.24) is 0 Å². The molecule has 0 saturated carbocycles. The summed E-state index contributed by atoms with van der Waals surface area (Å²) in [6.07, 6.45) is -0.264. The van der Waals surface area contributed by atoms with E-state index in [4.69, 9.17) is 27.9 Å². The van der Waals surface area contributed by atoms with E-state index in [0.29, 0.717) is 11.3 Å². The van der Waals surface area contributed by atoms with Gasteiger partial charge in [0, 0.05) is 5.69 Å². The zero-order chi connectivity index (χ0) is 20.4. The highest BCUT2D eigenvalue weighted by Crippen LogP contribution is 2.34. The van der Waals surface area contributed by atoms with Crippen LogP contribution in [0.3, 0.4) is 0 Å². The number of hydrogen-bond acceptors (Lipinski definition) is 5. The van der Waals surface area contributed by atoms with E-state index in [2.05, 4.69) is 5.32 Å². The summed E-state index contributed by atoms with van der Waals surface area (Å²) in [4.78, 5) is 38.3. The number of carbonyl (C=O) groups is 3. The molecule has 1 aliphatic rings. The summed E-state index contributed by atoms with van der Waals surface area (Å²) in [5.41, 5.74) is 0.855. The summed E-state index contributed by atoms with van der Waals surface area (Å²) < 4.78 is 5.16. The molecule has 0 radical (unpaired) electrons. The molecule has 0 bridgehead atoms. The van der Waals surface area contributed by atoms with E-state index in [1.54, 1.807) is 56.3 Å². The standard InChI is InChI=1S/C20H16Cl2N2O4/c1-11(2)28-20(27)12-6-5-7-13(10-12)23-17-16(22)18(25)24(19(17)26)15-9-4-3-8-14(15)21/h3-11,23H,1-2H3. The lowest BCUT2D eigenvalue weighted by atomic mass is 10.2. The highest BCUT2D eigenvalue weighted by Gasteiger charge is 2.39. The molecule has 0 spiro atoms. The molecular weight excluding hydrogens is 403 g/mol. The van der Waals surface area contributed by atoms with Gasteiger partial charge < -0.3 is 10.1 Å². The van der Waals surface area contributed by atoms with Crippen LogP contribution in [-0.4, -0.2) is 23.9 Å². The molecule has 1 aliphatic heterocycles. The van der Waals surface area contributed by atoms with Crippen LogP contribution in [0.25, 0.3) is 0 Å². The number of anilines is 2. The Morgan fingerprint density at radius 3 is 2.43 bits per heavy atom. The Morgan fingerprint density at radius 1 is 1.04 bits per heavy atom. The van der Waals surface area contributed by atoms with E-state index >= 15 is 0 Å². The number of halogens is 2. The molecule has 8 heteroatoms. The number of nitrogens with one attached hydrogen (secondary N) is 1. The minimum atomic E-state index is -0.683. The first kappa shape index (κ1) is 19.9. The molecule has 1 heterocycles. The molecule has 0 saturated heterocycles. The summed E-state index contributed by atoms with van der Waals surface area (Å²) in [6, 6.07) is 12.8. The third-order valence-electron chi connectivity index (χ3n) is 3.83. The van der Waals surface area contributed by atoms with Gasteiger partial charge in [-0.2, -0.15) is 0 Å². The van der Waals surface area contributed by atoms with Gasteiger partial charge in [0.25, 0.3) is 11.8 Å². The molecule has 2 aromatic rings. The fraction of sp³-hybridized carbons (Fsp3) is 0.150. The lowest BCUT2D eigenvalue weighted by Crippen LogP contribution is -2.32. The lowest BCUT2D eigenvalue weighted by molar-refractivity contribution is -0.120. The molecule has 144 valence electrons. The van der Waals surface area contributed by atoms with Gasteiger partial charge in [-0.05, 0) is 44.2 Å². The second-order valence-corrected chi connectivity index (χ2v) is 7.03. The molecule has 2 aromatic carbocycles. The van der Waals surface area contributed by atoms with Crippen LogP contribution in [0, 0.1) is 0 Å². The van der Waals surface area contributed by atoms with Crippen molar-refractivity contribution >= 4 is 52.4 Å². The Balaban J connectivity index is 1.87. The van der Waals surface area contributed by atoms with Gasteiger partial charge in [-0.25, -0.2) is 9.69 Å². The number of rotatable bonds is 5. The Morgan fingerprint density at radius 2 is 1.75 bits per heavy atom. The van der Waals surface area contributed by atoms with Crippen molar-refractivity contribution in [3.8, 4) is 0 Å². The summed E-state index contributed by atoms with van der Waals surface area (Å²) in [5, 5.41) is 2.80. The first-order valence-corrected chi connectivity index (χ1v) is 9.16. The van der Waals surface area contributed by atoms with Crippen LogP contribution < -0.4 is 10.2 Å². The van der Waals surface area contributed by atoms with Crippen LogP contribution in [0.1, 0.15) is 24.2 Å². The highest BCUT2D eigenvalue weighted by molar-refractivity contribution is 6.53. The molecule has 0 unspecified atom stereocenters. The van der Waals surface area contributed by atoms with Gasteiger partial charge in [-0.3, -0.25) is 9.59 Å². The fourth-order valence-corrected chi connectivity index (χ4v) is 3.05. The molecule has 28 heavy (non-hydrogen) atoms. The highest BCUT2D eigenvalue weighted by atomic mass is 35.5. The summed E-state index contributed by atoms with van der Waals surface area (Å²) in [6.45, 7) is 3.49. The van der Waals surface area contributed by atoms with Crippen molar-refractivity contribution in [2.24, 2.45) is 0 Å². The number of nitrogens with zero attached hydrogens (tertiary/aromatic N) is 1. The van der Waals surface area contributed by atoms with E-state index in [1.807, 2.05) is 0 Å². The summed E-state index contributed by atoms with van der Waals surface area (Å²) in [7, 11) is 0. The molecule has 0 aliphatic carbocycles. The van der Waals surface area contributed by atoms with E-state index in [9.17, 15) is 14.4 Å². The predicted molar refractivity (Wildman–Crippen MR) is 107 cm³/mol. The van der Waals surface area contributed by atoms with Crippen molar-refractivity contribution in [2.75, 3.05) is 10.2 Å². The number of benzene rings is 2. The van der Waals surface area contributed by atoms with E-state index in [-0.39, 0.29) is 27.5 Å². The Labute approximate surface area is 171 Å². The first-order valence-electron chi connectivity index (χ1n) is 8.40. The minimum absolute atomic E-state index is 0.0963. The van der Waals surface area contributed by atoms with Gasteiger partial charge in [0.05, 0.1) is 22.4 Å². The number of carbonyl (C=O) groups excluding carboxylic acids is 3. The summed E-state index contributed by atoms with van der Waals surface area (Å²) in [5.74, 6) is -1.82. The molecule has 2 amide bonds. The molecular formula is C20H16Cl2N2O4. The van der Waals surface area contributed by atoms with Crippen LogP contribution in [0.15, 0.2) is 59.3 Å². The monoisotopic (exact) mass is 418 g/mol. The van der Waals surface area contributed by atoms with Crippen molar-refractivity contribution in [1.29, 1.82) is 0 Å². The van der Waals surface area contributed by atoms with Crippen LogP contribution in [0.2, 0.25) is 5.02 Å². The van der Waals surface area contributed by atoms with Gasteiger partial charge in [0.15, 0.2) is 0 Å². The maximum atomic E-state index is 12.8. The molecule has 3 rings (SSSR count). The molecule has 6 nitrogen and oxygen atoms in total. The molecule has 1 N–H and O–H groups in total. The molecule has 0 atom stereocenters. The second kappa shape index (κ2) is 8.04. The number of esters is 1. The van der Waals surface area contributed by atoms with Crippen molar-refractivity contribution in [2.45, 2.75) is 20.0 Å². The Bertz CT molecular complexity index is 1000.